The molecule has 0 fully saturated rings. The van der Waals surface area contributed by atoms with Crippen LogP contribution in [0.2, 0.25) is 0 Å². The smallest absolute Gasteiger partial charge is 0.259 e. The van der Waals surface area contributed by atoms with Crippen LogP contribution in [-0.4, -0.2) is 19.1 Å². The Morgan fingerprint density at radius 3 is 1.88 bits per heavy atom. The number of rotatable bonds is 11. The van der Waals surface area contributed by atoms with Gasteiger partial charge in [0, 0.05) is 6.42 Å². The summed E-state index contributed by atoms with van der Waals surface area (Å²) in [6.45, 7) is 1.07. The van der Waals surface area contributed by atoms with E-state index in [1.165, 1.54) is 11.1 Å². The van der Waals surface area contributed by atoms with Crippen LogP contribution in [0.1, 0.15) is 27.9 Å². The van der Waals surface area contributed by atoms with Crippen molar-refractivity contribution in [3.8, 4) is 11.5 Å². The number of anilines is 1. The molecular formula is C30H29NO3. The topological polar surface area (TPSA) is 47.6 Å². The fourth-order valence-corrected chi connectivity index (χ4v) is 3.69. The molecule has 4 aromatic carbocycles. The number of carbonyl (C=O) groups is 1. The minimum Gasteiger partial charge on any atom is -0.492 e. The molecule has 34 heavy (non-hydrogen) atoms. The van der Waals surface area contributed by atoms with Crippen molar-refractivity contribution in [2.75, 3.05) is 18.5 Å². The molecule has 0 aliphatic rings. The van der Waals surface area contributed by atoms with Gasteiger partial charge >= 0.3 is 0 Å². The molecule has 0 aromatic heterocycles. The first kappa shape index (κ1) is 23.1. The van der Waals surface area contributed by atoms with Gasteiger partial charge in [0.05, 0.1) is 24.5 Å². The summed E-state index contributed by atoms with van der Waals surface area (Å²) in [4.78, 5) is 13.1. The lowest BCUT2D eigenvalue weighted by Crippen LogP contribution is -2.15. The maximum Gasteiger partial charge on any atom is 0.259 e. The van der Waals surface area contributed by atoms with Crippen LogP contribution in [0.25, 0.3) is 0 Å². The fraction of sp³-hybridized carbons (Fsp3) is 0.167. The molecule has 0 aliphatic heterocycles. The zero-order chi connectivity index (χ0) is 23.4. The molecule has 4 aromatic rings. The molecule has 0 spiro atoms. The Kier molecular flexibility index (Phi) is 8.34. The summed E-state index contributed by atoms with van der Waals surface area (Å²) in [6.07, 6.45) is 2.61. The molecule has 0 radical (unpaired) electrons. The minimum atomic E-state index is -0.226. The van der Waals surface area contributed by atoms with Crippen LogP contribution in [-0.2, 0) is 12.8 Å². The predicted molar refractivity (Wildman–Crippen MR) is 137 cm³/mol. The Morgan fingerprint density at radius 1 is 0.588 bits per heavy atom. The molecule has 0 saturated heterocycles. The molecule has 172 valence electrons. The Bertz CT molecular complexity index is 1180. The summed E-state index contributed by atoms with van der Waals surface area (Å²) in [5.74, 6) is 0.999. The molecule has 0 atom stereocenters. The lowest BCUT2D eigenvalue weighted by Gasteiger charge is -2.14. The zero-order valence-electron chi connectivity index (χ0n) is 19.2. The second-order valence-corrected chi connectivity index (χ2v) is 7.97. The van der Waals surface area contributed by atoms with E-state index in [0.717, 1.165) is 19.3 Å². The maximum atomic E-state index is 13.1. The van der Waals surface area contributed by atoms with Gasteiger partial charge in [0.2, 0.25) is 0 Å². The number of ether oxygens (including phenoxy) is 2. The molecule has 1 amide bonds. The number of carbonyl (C=O) groups excluding carboxylic acids is 1. The number of benzene rings is 4. The molecule has 1 N–H and O–H groups in total. The molecule has 4 rings (SSSR count). The number of hydrogen-bond acceptors (Lipinski definition) is 3. The van der Waals surface area contributed by atoms with Crippen LogP contribution in [0, 0.1) is 0 Å². The summed E-state index contributed by atoms with van der Waals surface area (Å²) in [5, 5.41) is 2.99. The molecule has 0 unspecified atom stereocenters. The molecule has 0 bridgehead atoms. The van der Waals surface area contributed by atoms with Crippen molar-refractivity contribution in [1.29, 1.82) is 0 Å². The van der Waals surface area contributed by atoms with Crippen LogP contribution in [0.5, 0.6) is 11.5 Å². The largest absolute Gasteiger partial charge is 0.492 e. The second kappa shape index (κ2) is 12.3. The van der Waals surface area contributed by atoms with E-state index in [-0.39, 0.29) is 5.91 Å². The van der Waals surface area contributed by atoms with Crippen LogP contribution in [0.3, 0.4) is 0 Å². The summed E-state index contributed by atoms with van der Waals surface area (Å²) >= 11 is 0. The van der Waals surface area contributed by atoms with Gasteiger partial charge in [0.15, 0.2) is 0 Å². The van der Waals surface area contributed by atoms with Gasteiger partial charge in [-0.25, -0.2) is 0 Å². The number of amides is 1. The van der Waals surface area contributed by atoms with Crippen molar-refractivity contribution in [3.63, 3.8) is 0 Å². The third-order valence-electron chi connectivity index (χ3n) is 5.47. The van der Waals surface area contributed by atoms with Crippen LogP contribution >= 0.6 is 0 Å². The van der Waals surface area contributed by atoms with E-state index in [1.54, 1.807) is 6.07 Å². The van der Waals surface area contributed by atoms with Crippen molar-refractivity contribution in [1.82, 2.24) is 0 Å². The van der Waals surface area contributed by atoms with Crippen molar-refractivity contribution in [3.05, 3.63) is 126 Å². The Morgan fingerprint density at radius 2 is 1.15 bits per heavy atom. The van der Waals surface area contributed by atoms with Gasteiger partial charge < -0.3 is 14.8 Å². The highest BCUT2D eigenvalue weighted by Crippen LogP contribution is 2.26. The summed E-state index contributed by atoms with van der Waals surface area (Å²) in [7, 11) is 0. The summed E-state index contributed by atoms with van der Waals surface area (Å²) in [5.41, 5.74) is 3.63. The fourth-order valence-electron chi connectivity index (χ4n) is 3.69. The van der Waals surface area contributed by atoms with Gasteiger partial charge in [-0.15, -0.1) is 0 Å². The van der Waals surface area contributed by atoms with Gasteiger partial charge in [-0.2, -0.15) is 0 Å². The number of hydrogen-bond donors (Lipinski definition) is 1. The first-order chi connectivity index (χ1) is 16.8. The monoisotopic (exact) mass is 451 g/mol. The molecular weight excluding hydrogens is 422 g/mol. The van der Waals surface area contributed by atoms with E-state index in [0.29, 0.717) is 36.0 Å². The first-order valence-corrected chi connectivity index (χ1v) is 11.6. The summed E-state index contributed by atoms with van der Waals surface area (Å²) in [6, 6.07) is 35.3. The third-order valence-corrected chi connectivity index (χ3v) is 5.47. The van der Waals surface area contributed by atoms with Gasteiger partial charge in [-0.1, -0.05) is 84.9 Å². The minimum absolute atomic E-state index is 0.226. The van der Waals surface area contributed by atoms with E-state index >= 15 is 0 Å². The first-order valence-electron chi connectivity index (χ1n) is 11.6. The van der Waals surface area contributed by atoms with Crippen LogP contribution in [0.4, 0.5) is 5.69 Å². The van der Waals surface area contributed by atoms with E-state index in [1.807, 2.05) is 78.9 Å². The summed E-state index contributed by atoms with van der Waals surface area (Å²) < 4.78 is 12.0. The van der Waals surface area contributed by atoms with E-state index in [4.69, 9.17) is 9.47 Å². The number of aryl methyl sites for hydroxylation is 1. The average molecular weight is 452 g/mol. The maximum absolute atomic E-state index is 13.1. The SMILES string of the molecule is O=C(Nc1ccccc1OCCCc1ccccc1)c1ccccc1OCCc1ccccc1. The van der Waals surface area contributed by atoms with E-state index < -0.39 is 0 Å². The third kappa shape index (κ3) is 6.72. The average Bonchev–Trinajstić information content (AvgIpc) is 2.89. The van der Waals surface area contributed by atoms with Gasteiger partial charge in [-0.05, 0) is 48.2 Å². The normalized spacial score (nSPS) is 10.5. The predicted octanol–water partition coefficient (Wildman–Crippen LogP) is 6.57. The number of nitrogens with one attached hydrogen (secondary N) is 1. The number of para-hydroxylation sites is 3. The van der Waals surface area contributed by atoms with Crippen molar-refractivity contribution in [2.45, 2.75) is 19.3 Å². The molecule has 4 nitrogen and oxygen atoms in total. The van der Waals surface area contributed by atoms with Crippen LogP contribution < -0.4 is 14.8 Å². The molecule has 0 saturated carbocycles. The van der Waals surface area contributed by atoms with Gasteiger partial charge in [0.25, 0.3) is 5.91 Å². The van der Waals surface area contributed by atoms with Crippen molar-refractivity contribution in [2.24, 2.45) is 0 Å². The Labute approximate surface area is 201 Å². The van der Waals surface area contributed by atoms with Crippen LogP contribution in [0.15, 0.2) is 109 Å². The van der Waals surface area contributed by atoms with E-state index in [9.17, 15) is 4.79 Å². The molecule has 0 aliphatic carbocycles. The Hall–Kier alpha value is -4.05. The highest BCUT2D eigenvalue weighted by Gasteiger charge is 2.14. The second-order valence-electron chi connectivity index (χ2n) is 7.97. The highest BCUT2D eigenvalue weighted by molar-refractivity contribution is 6.06. The Balaban J connectivity index is 1.34. The van der Waals surface area contributed by atoms with Crippen molar-refractivity contribution >= 4 is 11.6 Å². The highest BCUT2D eigenvalue weighted by atomic mass is 16.5. The van der Waals surface area contributed by atoms with E-state index in [2.05, 4.69) is 29.6 Å². The van der Waals surface area contributed by atoms with Gasteiger partial charge in [-0.3, -0.25) is 4.79 Å². The lowest BCUT2D eigenvalue weighted by atomic mass is 10.1. The zero-order valence-corrected chi connectivity index (χ0v) is 19.2. The standard InChI is InChI=1S/C30H29NO3/c32-30(26-17-7-9-19-28(26)34-23-21-25-14-5-2-6-15-25)31-27-18-8-10-20-29(27)33-22-11-16-24-12-3-1-4-13-24/h1-10,12-15,17-20H,11,16,21-23H2,(H,31,32). The molecule has 0 heterocycles. The quantitative estimate of drug-likeness (QED) is 0.262. The lowest BCUT2D eigenvalue weighted by molar-refractivity contribution is 0.102. The van der Waals surface area contributed by atoms with Gasteiger partial charge in [0.1, 0.15) is 11.5 Å². The van der Waals surface area contributed by atoms with Crippen molar-refractivity contribution < 1.29 is 14.3 Å². The molecule has 4 heteroatoms.